The minimum atomic E-state index is 0.723. The minimum absolute atomic E-state index is 0.723. The standard InChI is InChI=1S/C18H16BrN5/c19-14-6-7-17-21-11-16(24(17)12-14)10-20-8-15-9-22-18(23-15)13-4-2-1-3-5-13/h1-7,9,11-12,20H,8,10H2,(H,22,23). The van der Waals surface area contributed by atoms with E-state index < -0.39 is 0 Å². The molecule has 1 aromatic carbocycles. The summed E-state index contributed by atoms with van der Waals surface area (Å²) in [5.74, 6) is 0.895. The lowest BCUT2D eigenvalue weighted by Gasteiger charge is -2.04. The molecule has 4 aromatic rings. The first-order valence-corrected chi connectivity index (χ1v) is 8.50. The highest BCUT2D eigenvalue weighted by molar-refractivity contribution is 9.10. The van der Waals surface area contributed by atoms with Crippen molar-refractivity contribution in [3.05, 3.63) is 76.9 Å². The summed E-state index contributed by atoms with van der Waals surface area (Å²) in [5, 5.41) is 3.43. The number of halogens is 1. The largest absolute Gasteiger partial charge is 0.341 e. The van der Waals surface area contributed by atoms with Crippen molar-refractivity contribution >= 4 is 21.6 Å². The lowest BCUT2D eigenvalue weighted by molar-refractivity contribution is 0.666. The van der Waals surface area contributed by atoms with Crippen LogP contribution in [0.25, 0.3) is 17.0 Å². The van der Waals surface area contributed by atoms with Crippen LogP contribution in [0.3, 0.4) is 0 Å². The molecular formula is C18H16BrN5. The van der Waals surface area contributed by atoms with Crippen LogP contribution in [0.2, 0.25) is 0 Å². The van der Waals surface area contributed by atoms with Gasteiger partial charge in [0.05, 0.1) is 11.9 Å². The van der Waals surface area contributed by atoms with Crippen molar-refractivity contribution in [3.63, 3.8) is 0 Å². The van der Waals surface area contributed by atoms with Crippen LogP contribution in [0.5, 0.6) is 0 Å². The Bertz CT molecular complexity index is 958. The zero-order valence-corrected chi connectivity index (χ0v) is 14.5. The second kappa shape index (κ2) is 6.59. The topological polar surface area (TPSA) is 58.0 Å². The molecule has 0 bridgehead atoms. The van der Waals surface area contributed by atoms with Gasteiger partial charge < -0.3 is 14.7 Å². The number of aromatic amines is 1. The van der Waals surface area contributed by atoms with Gasteiger partial charge in [-0.25, -0.2) is 9.97 Å². The van der Waals surface area contributed by atoms with Gasteiger partial charge in [0.15, 0.2) is 0 Å². The van der Waals surface area contributed by atoms with Crippen molar-refractivity contribution in [2.75, 3.05) is 0 Å². The average molecular weight is 382 g/mol. The van der Waals surface area contributed by atoms with Crippen molar-refractivity contribution in [1.82, 2.24) is 24.7 Å². The summed E-state index contributed by atoms with van der Waals surface area (Å²) in [6.07, 6.45) is 5.81. The van der Waals surface area contributed by atoms with Crippen molar-refractivity contribution in [1.29, 1.82) is 0 Å². The Labute approximate surface area is 147 Å². The summed E-state index contributed by atoms with van der Waals surface area (Å²) >= 11 is 3.50. The van der Waals surface area contributed by atoms with E-state index in [1.54, 1.807) is 0 Å². The molecule has 0 amide bonds. The molecule has 0 saturated carbocycles. The molecular weight excluding hydrogens is 366 g/mol. The number of nitrogens with one attached hydrogen (secondary N) is 2. The van der Waals surface area contributed by atoms with E-state index in [1.165, 1.54) is 0 Å². The van der Waals surface area contributed by atoms with Crippen molar-refractivity contribution < 1.29 is 0 Å². The Kier molecular flexibility index (Phi) is 4.15. The lowest BCUT2D eigenvalue weighted by Crippen LogP contribution is -2.14. The zero-order chi connectivity index (χ0) is 16.4. The maximum atomic E-state index is 4.44. The number of H-pyrrole nitrogens is 1. The normalized spacial score (nSPS) is 11.2. The fourth-order valence-corrected chi connectivity index (χ4v) is 2.99. The molecule has 3 heterocycles. The van der Waals surface area contributed by atoms with E-state index in [1.807, 2.05) is 61.1 Å². The predicted octanol–water partition coefficient (Wildman–Crippen LogP) is 3.78. The van der Waals surface area contributed by atoms with E-state index in [4.69, 9.17) is 0 Å². The van der Waals surface area contributed by atoms with E-state index in [-0.39, 0.29) is 0 Å². The Morgan fingerprint density at radius 1 is 1.00 bits per heavy atom. The smallest absolute Gasteiger partial charge is 0.137 e. The number of benzene rings is 1. The summed E-state index contributed by atoms with van der Waals surface area (Å²) < 4.78 is 3.12. The average Bonchev–Trinajstić information content (AvgIpc) is 3.23. The van der Waals surface area contributed by atoms with E-state index in [9.17, 15) is 0 Å². The second-order valence-corrected chi connectivity index (χ2v) is 6.47. The molecule has 6 heteroatoms. The van der Waals surface area contributed by atoms with Crippen LogP contribution in [0, 0.1) is 0 Å². The summed E-state index contributed by atoms with van der Waals surface area (Å²) in [6.45, 7) is 1.46. The van der Waals surface area contributed by atoms with Gasteiger partial charge in [-0.1, -0.05) is 30.3 Å². The number of rotatable bonds is 5. The van der Waals surface area contributed by atoms with Gasteiger partial charge in [0.1, 0.15) is 11.5 Å². The van der Waals surface area contributed by atoms with Gasteiger partial charge in [-0.3, -0.25) is 0 Å². The molecule has 0 atom stereocenters. The monoisotopic (exact) mass is 381 g/mol. The van der Waals surface area contributed by atoms with Crippen LogP contribution < -0.4 is 5.32 Å². The molecule has 4 rings (SSSR count). The first-order valence-electron chi connectivity index (χ1n) is 7.71. The quantitative estimate of drug-likeness (QED) is 0.553. The molecule has 0 saturated heterocycles. The van der Waals surface area contributed by atoms with Crippen molar-refractivity contribution in [2.24, 2.45) is 0 Å². The molecule has 3 aromatic heterocycles. The number of pyridine rings is 1. The highest BCUT2D eigenvalue weighted by Gasteiger charge is 2.05. The Balaban J connectivity index is 1.42. The number of fused-ring (bicyclic) bond motifs is 1. The molecule has 0 aliphatic rings. The Hall–Kier alpha value is -2.44. The van der Waals surface area contributed by atoms with Gasteiger partial charge >= 0.3 is 0 Å². The number of nitrogens with zero attached hydrogens (tertiary/aromatic N) is 3. The number of hydrogen-bond acceptors (Lipinski definition) is 3. The number of aromatic nitrogens is 4. The SMILES string of the molecule is Brc1ccc2ncc(CNCc3cnc(-c4ccccc4)[nH]3)n2c1. The maximum absolute atomic E-state index is 4.44. The molecule has 0 aliphatic heterocycles. The fourth-order valence-electron chi connectivity index (χ4n) is 2.65. The summed E-state index contributed by atoms with van der Waals surface area (Å²) in [4.78, 5) is 12.2. The van der Waals surface area contributed by atoms with Crippen LogP contribution in [0.4, 0.5) is 0 Å². The number of hydrogen-bond donors (Lipinski definition) is 2. The van der Waals surface area contributed by atoms with Crippen molar-refractivity contribution in [3.8, 4) is 11.4 Å². The van der Waals surface area contributed by atoms with Crippen LogP contribution in [-0.4, -0.2) is 19.4 Å². The van der Waals surface area contributed by atoms with Gasteiger partial charge in [0.2, 0.25) is 0 Å². The zero-order valence-electron chi connectivity index (χ0n) is 12.9. The molecule has 24 heavy (non-hydrogen) atoms. The molecule has 0 spiro atoms. The first kappa shape index (κ1) is 15.1. The van der Waals surface area contributed by atoms with Gasteiger partial charge in [-0.15, -0.1) is 0 Å². The molecule has 0 radical (unpaired) electrons. The van der Waals surface area contributed by atoms with E-state index >= 15 is 0 Å². The molecule has 0 unspecified atom stereocenters. The van der Waals surface area contributed by atoms with Gasteiger partial charge in [-0.05, 0) is 28.1 Å². The van der Waals surface area contributed by atoms with E-state index in [2.05, 4.69) is 40.6 Å². The number of imidazole rings is 2. The van der Waals surface area contributed by atoms with Crippen LogP contribution in [-0.2, 0) is 13.1 Å². The third-order valence-corrected chi connectivity index (χ3v) is 4.31. The summed E-state index contributed by atoms with van der Waals surface area (Å²) in [7, 11) is 0. The fraction of sp³-hybridized carbons (Fsp3) is 0.111. The highest BCUT2D eigenvalue weighted by atomic mass is 79.9. The third kappa shape index (κ3) is 3.11. The maximum Gasteiger partial charge on any atom is 0.137 e. The summed E-state index contributed by atoms with van der Waals surface area (Å²) in [6, 6.07) is 14.1. The van der Waals surface area contributed by atoms with Crippen LogP contribution in [0.1, 0.15) is 11.4 Å². The predicted molar refractivity (Wildman–Crippen MR) is 97.5 cm³/mol. The van der Waals surface area contributed by atoms with E-state index in [0.29, 0.717) is 0 Å². The van der Waals surface area contributed by atoms with Gasteiger partial charge in [-0.2, -0.15) is 0 Å². The van der Waals surface area contributed by atoms with Crippen LogP contribution in [0.15, 0.2) is 65.5 Å². The Morgan fingerprint density at radius 3 is 2.75 bits per heavy atom. The first-order chi connectivity index (χ1) is 11.8. The molecule has 0 aliphatic carbocycles. The molecule has 0 fully saturated rings. The molecule has 2 N–H and O–H groups in total. The van der Waals surface area contributed by atoms with Crippen LogP contribution >= 0.6 is 15.9 Å². The summed E-state index contributed by atoms with van der Waals surface area (Å²) in [5.41, 5.74) is 4.22. The Morgan fingerprint density at radius 2 is 1.88 bits per heavy atom. The van der Waals surface area contributed by atoms with E-state index in [0.717, 1.165) is 46.0 Å². The van der Waals surface area contributed by atoms with Crippen molar-refractivity contribution in [2.45, 2.75) is 13.1 Å². The molecule has 120 valence electrons. The third-order valence-electron chi connectivity index (χ3n) is 3.84. The van der Waals surface area contributed by atoms with Gasteiger partial charge in [0, 0.05) is 41.2 Å². The highest BCUT2D eigenvalue weighted by Crippen LogP contribution is 2.15. The van der Waals surface area contributed by atoms with Gasteiger partial charge in [0.25, 0.3) is 0 Å². The molecule has 5 nitrogen and oxygen atoms in total. The second-order valence-electron chi connectivity index (χ2n) is 5.55. The minimum Gasteiger partial charge on any atom is -0.341 e. The lowest BCUT2D eigenvalue weighted by atomic mass is 10.2.